The summed E-state index contributed by atoms with van der Waals surface area (Å²) in [4.78, 5) is 5.54. The lowest BCUT2D eigenvalue weighted by molar-refractivity contribution is 0.0438. The predicted octanol–water partition coefficient (Wildman–Crippen LogP) is 1.93. The normalized spacial score (nSPS) is 21.7. The minimum atomic E-state index is -3.54. The molecule has 0 bridgehead atoms. The summed E-state index contributed by atoms with van der Waals surface area (Å²) < 4.78 is 24.1. The number of fused-ring (bicyclic) bond motifs is 1. The first-order valence-corrected chi connectivity index (χ1v) is 9.54. The Morgan fingerprint density at radius 3 is 2.57 bits per heavy atom. The summed E-state index contributed by atoms with van der Waals surface area (Å²) in [5.74, 6) is 0. The van der Waals surface area contributed by atoms with Crippen molar-refractivity contribution >= 4 is 38.4 Å². The molecule has 6 nitrogen and oxygen atoms in total. The van der Waals surface area contributed by atoms with Crippen LogP contribution in [-0.2, 0) is 10.2 Å². The second-order valence-corrected chi connectivity index (χ2v) is 8.65. The van der Waals surface area contributed by atoms with Crippen LogP contribution in [-0.4, -0.2) is 43.9 Å². The van der Waals surface area contributed by atoms with Gasteiger partial charge in [0.15, 0.2) is 0 Å². The van der Waals surface area contributed by atoms with Crippen molar-refractivity contribution in [3.63, 3.8) is 0 Å². The van der Waals surface area contributed by atoms with Crippen LogP contribution in [0.3, 0.4) is 0 Å². The van der Waals surface area contributed by atoms with Crippen LogP contribution in [0.5, 0.6) is 0 Å². The molecule has 124 valence electrons. The Balaban J connectivity index is 1.51. The standard InChI is InChI=1S/C15H19ClN4O2S/c16-11-7-13-12(1-4-18-13)14(8-11)19-5-2-15(3-6-19)9-20(10-15)23(17,21)22/h1,4,7-8,18H,2-3,5-6,9-10H2,(H2,17,21,22). The maximum absolute atomic E-state index is 11.4. The first-order valence-electron chi connectivity index (χ1n) is 7.66. The van der Waals surface area contributed by atoms with Crippen LogP contribution < -0.4 is 10.0 Å². The molecule has 0 atom stereocenters. The van der Waals surface area contributed by atoms with E-state index >= 15 is 0 Å². The van der Waals surface area contributed by atoms with Gasteiger partial charge in [-0.3, -0.25) is 0 Å². The Morgan fingerprint density at radius 2 is 1.91 bits per heavy atom. The number of benzene rings is 1. The van der Waals surface area contributed by atoms with Crippen molar-refractivity contribution in [2.45, 2.75) is 12.8 Å². The molecule has 8 heteroatoms. The third-order valence-electron chi connectivity index (χ3n) is 5.16. The van der Waals surface area contributed by atoms with Gasteiger partial charge in [0.2, 0.25) is 0 Å². The molecule has 1 aromatic carbocycles. The Kier molecular flexibility index (Phi) is 3.39. The molecular weight excluding hydrogens is 336 g/mol. The first-order chi connectivity index (χ1) is 10.9. The Hall–Kier alpha value is -1.28. The lowest BCUT2D eigenvalue weighted by atomic mass is 9.73. The fourth-order valence-electron chi connectivity index (χ4n) is 3.79. The molecule has 3 heterocycles. The Labute approximate surface area is 140 Å². The van der Waals surface area contributed by atoms with Crippen LogP contribution in [0.25, 0.3) is 10.9 Å². The molecular formula is C15H19ClN4O2S. The third kappa shape index (κ3) is 2.61. The van der Waals surface area contributed by atoms with Crippen molar-refractivity contribution < 1.29 is 8.42 Å². The number of halogens is 1. The average Bonchev–Trinajstić information content (AvgIpc) is 2.91. The lowest BCUT2D eigenvalue weighted by Gasteiger charge is -2.52. The van der Waals surface area contributed by atoms with Gasteiger partial charge < -0.3 is 9.88 Å². The maximum atomic E-state index is 11.4. The van der Waals surface area contributed by atoms with E-state index in [4.69, 9.17) is 16.7 Å². The number of aromatic amines is 1. The minimum absolute atomic E-state index is 0.0960. The smallest absolute Gasteiger partial charge is 0.276 e. The fraction of sp³-hybridized carbons (Fsp3) is 0.467. The summed E-state index contributed by atoms with van der Waals surface area (Å²) >= 11 is 6.23. The van der Waals surface area contributed by atoms with E-state index < -0.39 is 10.2 Å². The van der Waals surface area contributed by atoms with Gasteiger partial charge in [0.25, 0.3) is 10.2 Å². The van der Waals surface area contributed by atoms with Crippen molar-refractivity contribution in [1.29, 1.82) is 0 Å². The number of nitrogens with one attached hydrogen (secondary N) is 1. The van der Waals surface area contributed by atoms with Gasteiger partial charge in [-0.2, -0.15) is 12.7 Å². The van der Waals surface area contributed by atoms with E-state index in [0.717, 1.165) is 42.2 Å². The summed E-state index contributed by atoms with van der Waals surface area (Å²) in [6.07, 6.45) is 3.86. The highest BCUT2D eigenvalue weighted by atomic mass is 35.5. The molecule has 3 N–H and O–H groups in total. The molecule has 1 spiro atoms. The highest BCUT2D eigenvalue weighted by Gasteiger charge is 2.48. The maximum Gasteiger partial charge on any atom is 0.276 e. The summed E-state index contributed by atoms with van der Waals surface area (Å²) in [7, 11) is -3.54. The van der Waals surface area contributed by atoms with Gasteiger partial charge in [-0.15, -0.1) is 0 Å². The minimum Gasteiger partial charge on any atom is -0.371 e. The monoisotopic (exact) mass is 354 g/mol. The zero-order valence-corrected chi connectivity index (χ0v) is 14.2. The molecule has 0 amide bonds. The van der Waals surface area contributed by atoms with Gasteiger partial charge in [0.05, 0.1) is 0 Å². The molecule has 2 saturated heterocycles. The molecule has 0 saturated carbocycles. The second kappa shape index (κ2) is 5.11. The molecule has 23 heavy (non-hydrogen) atoms. The molecule has 2 aromatic rings. The SMILES string of the molecule is NS(=O)(=O)N1CC2(CCN(c3cc(Cl)cc4[nH]ccc34)CC2)C1. The summed E-state index contributed by atoms with van der Waals surface area (Å²) in [5.41, 5.74) is 2.28. The number of hydrogen-bond donors (Lipinski definition) is 2. The van der Waals surface area contributed by atoms with Crippen LogP contribution in [0.2, 0.25) is 5.02 Å². The van der Waals surface area contributed by atoms with E-state index in [1.165, 1.54) is 9.69 Å². The lowest BCUT2D eigenvalue weighted by Crippen LogP contribution is -2.63. The Morgan fingerprint density at radius 1 is 1.22 bits per heavy atom. The van der Waals surface area contributed by atoms with E-state index in [1.807, 2.05) is 18.3 Å². The summed E-state index contributed by atoms with van der Waals surface area (Å²) in [5, 5.41) is 7.08. The van der Waals surface area contributed by atoms with Crippen molar-refractivity contribution in [2.24, 2.45) is 10.6 Å². The number of nitrogens with two attached hydrogens (primary N) is 1. The summed E-state index contributed by atoms with van der Waals surface area (Å²) in [6.45, 7) is 2.90. The van der Waals surface area contributed by atoms with Crippen LogP contribution in [0, 0.1) is 5.41 Å². The van der Waals surface area contributed by atoms with Gasteiger partial charge in [-0.05, 0) is 31.0 Å². The molecule has 1 aromatic heterocycles. The summed E-state index contributed by atoms with van der Waals surface area (Å²) in [6, 6.07) is 6.01. The van der Waals surface area contributed by atoms with E-state index in [2.05, 4.69) is 16.0 Å². The van der Waals surface area contributed by atoms with E-state index in [0.29, 0.717) is 13.1 Å². The molecule has 2 aliphatic rings. The van der Waals surface area contributed by atoms with Crippen molar-refractivity contribution in [1.82, 2.24) is 9.29 Å². The zero-order valence-electron chi connectivity index (χ0n) is 12.6. The van der Waals surface area contributed by atoms with Crippen LogP contribution in [0.1, 0.15) is 12.8 Å². The number of H-pyrrole nitrogens is 1. The quantitative estimate of drug-likeness (QED) is 0.864. The van der Waals surface area contributed by atoms with Gasteiger partial charge in [-0.1, -0.05) is 11.6 Å². The first kappa shape index (κ1) is 15.3. The van der Waals surface area contributed by atoms with Crippen molar-refractivity contribution in [2.75, 3.05) is 31.1 Å². The van der Waals surface area contributed by atoms with Gasteiger partial charge in [0.1, 0.15) is 0 Å². The van der Waals surface area contributed by atoms with E-state index in [-0.39, 0.29) is 5.41 Å². The van der Waals surface area contributed by atoms with Crippen LogP contribution in [0.15, 0.2) is 24.4 Å². The molecule has 0 radical (unpaired) electrons. The average molecular weight is 355 g/mol. The predicted molar refractivity (Wildman–Crippen MR) is 91.9 cm³/mol. The highest BCUT2D eigenvalue weighted by molar-refractivity contribution is 7.86. The largest absolute Gasteiger partial charge is 0.371 e. The number of hydrogen-bond acceptors (Lipinski definition) is 3. The molecule has 0 unspecified atom stereocenters. The third-order valence-corrected chi connectivity index (χ3v) is 6.36. The van der Waals surface area contributed by atoms with Crippen LogP contribution >= 0.6 is 11.6 Å². The zero-order chi connectivity index (χ0) is 16.2. The van der Waals surface area contributed by atoms with Gasteiger partial charge in [-0.25, -0.2) is 5.14 Å². The molecule has 2 fully saturated rings. The fourth-order valence-corrected chi connectivity index (χ4v) is 4.91. The molecule has 0 aliphatic carbocycles. The molecule has 4 rings (SSSR count). The van der Waals surface area contributed by atoms with Crippen molar-refractivity contribution in [3.8, 4) is 0 Å². The molecule has 2 aliphatic heterocycles. The van der Waals surface area contributed by atoms with Crippen LogP contribution in [0.4, 0.5) is 5.69 Å². The number of piperidine rings is 1. The second-order valence-electron chi connectivity index (χ2n) is 6.66. The number of nitrogens with zero attached hydrogens (tertiary/aromatic N) is 2. The van der Waals surface area contributed by atoms with E-state index in [9.17, 15) is 8.42 Å². The van der Waals surface area contributed by atoms with E-state index in [1.54, 1.807) is 0 Å². The number of anilines is 1. The highest BCUT2D eigenvalue weighted by Crippen LogP contribution is 2.43. The van der Waals surface area contributed by atoms with Gasteiger partial charge >= 0.3 is 0 Å². The van der Waals surface area contributed by atoms with Gasteiger partial charge in [0, 0.05) is 59.4 Å². The number of aromatic nitrogens is 1. The topological polar surface area (TPSA) is 82.4 Å². The number of rotatable bonds is 2. The Bertz CT molecular complexity index is 847. The van der Waals surface area contributed by atoms with Crippen molar-refractivity contribution in [3.05, 3.63) is 29.4 Å².